The Morgan fingerprint density at radius 2 is 2.38 bits per heavy atom. The quantitative estimate of drug-likeness (QED) is 0.758. The number of aromatic nitrogens is 4. The molecular weight excluding hydrogens is 215 g/mol. The first-order chi connectivity index (χ1) is 7.72. The van der Waals surface area contributed by atoms with Crippen LogP contribution in [0, 0.1) is 0 Å². The van der Waals surface area contributed by atoms with Crippen LogP contribution >= 0.6 is 0 Å². The summed E-state index contributed by atoms with van der Waals surface area (Å²) in [5.41, 5.74) is 0.198. The molecule has 2 aromatic heterocycles. The molecule has 0 amide bonds. The van der Waals surface area contributed by atoms with Crippen LogP contribution < -0.4 is 5.56 Å². The monoisotopic (exact) mass is 226 g/mol. The average Bonchev–Trinajstić information content (AvgIpc) is 2.64. The van der Waals surface area contributed by atoms with E-state index in [0.717, 1.165) is 0 Å². The summed E-state index contributed by atoms with van der Waals surface area (Å²) in [4.78, 5) is 21.5. The number of H-pyrrole nitrogens is 1. The van der Waals surface area contributed by atoms with Crippen LogP contribution in [-0.2, 0) is 6.54 Å². The Labute approximate surface area is 89.8 Å². The number of hydrogen-bond donors (Lipinski definition) is 2. The number of rotatable bonds is 4. The molecule has 1 atom stereocenters. The maximum Gasteiger partial charge on any atom is 0.278 e. The molecule has 86 valence electrons. The fourth-order valence-corrected chi connectivity index (χ4v) is 1.47. The third kappa shape index (κ3) is 1.94. The molecule has 7 heteroatoms. The minimum atomic E-state index is -1.18. The number of imidazole rings is 1. The van der Waals surface area contributed by atoms with E-state index < -0.39 is 6.17 Å². The summed E-state index contributed by atoms with van der Waals surface area (Å²) < 4.78 is 14.7. The predicted octanol–water partition coefficient (Wildman–Crippen LogP) is -0.160. The number of hydrogen-bond acceptors (Lipinski definition) is 4. The van der Waals surface area contributed by atoms with Gasteiger partial charge in [0.2, 0.25) is 0 Å². The zero-order chi connectivity index (χ0) is 11.5. The molecule has 0 aliphatic carbocycles. The maximum atomic E-state index is 13.3. The highest BCUT2D eigenvalue weighted by atomic mass is 19.1. The van der Waals surface area contributed by atoms with E-state index in [1.54, 1.807) is 0 Å². The second-order valence-electron chi connectivity index (χ2n) is 3.41. The van der Waals surface area contributed by atoms with Crippen molar-refractivity contribution in [1.82, 2.24) is 19.5 Å². The molecule has 6 nitrogen and oxygen atoms in total. The van der Waals surface area contributed by atoms with Crippen molar-refractivity contribution in [3.05, 3.63) is 23.0 Å². The van der Waals surface area contributed by atoms with Gasteiger partial charge in [-0.3, -0.25) is 4.79 Å². The number of aromatic amines is 1. The van der Waals surface area contributed by atoms with Gasteiger partial charge < -0.3 is 14.7 Å². The number of halogens is 1. The van der Waals surface area contributed by atoms with E-state index in [9.17, 15) is 9.18 Å². The van der Waals surface area contributed by atoms with E-state index in [4.69, 9.17) is 5.11 Å². The Hall–Kier alpha value is -1.76. The lowest BCUT2D eigenvalue weighted by Gasteiger charge is -2.07. The first-order valence-electron chi connectivity index (χ1n) is 4.86. The highest BCUT2D eigenvalue weighted by molar-refractivity contribution is 5.68. The number of nitrogens with one attached hydrogen (secondary N) is 1. The van der Waals surface area contributed by atoms with E-state index >= 15 is 0 Å². The topological polar surface area (TPSA) is 83.8 Å². The molecule has 0 aromatic carbocycles. The Bertz CT molecular complexity index is 536. The Balaban J connectivity index is 2.32. The van der Waals surface area contributed by atoms with Crippen LogP contribution in [0.2, 0.25) is 0 Å². The molecule has 0 spiro atoms. The Morgan fingerprint density at radius 1 is 1.56 bits per heavy atom. The van der Waals surface area contributed by atoms with Crippen molar-refractivity contribution in [3.8, 4) is 0 Å². The zero-order valence-electron chi connectivity index (χ0n) is 8.43. The molecule has 0 aliphatic rings. The third-order valence-corrected chi connectivity index (χ3v) is 2.24. The molecule has 0 saturated heterocycles. The fourth-order valence-electron chi connectivity index (χ4n) is 1.47. The zero-order valence-corrected chi connectivity index (χ0v) is 8.43. The normalized spacial score (nSPS) is 13.1. The van der Waals surface area contributed by atoms with Crippen LogP contribution in [0.3, 0.4) is 0 Å². The van der Waals surface area contributed by atoms with Crippen molar-refractivity contribution in [2.24, 2.45) is 0 Å². The molecule has 0 fully saturated rings. The first kappa shape index (κ1) is 10.7. The van der Waals surface area contributed by atoms with Gasteiger partial charge in [-0.1, -0.05) is 0 Å². The van der Waals surface area contributed by atoms with Gasteiger partial charge >= 0.3 is 0 Å². The molecule has 0 unspecified atom stereocenters. The van der Waals surface area contributed by atoms with Crippen LogP contribution in [-0.4, -0.2) is 37.4 Å². The number of aliphatic hydroxyl groups is 1. The largest absolute Gasteiger partial charge is 0.396 e. The molecular formula is C9H11FN4O2. The molecule has 2 heterocycles. The molecule has 0 saturated carbocycles. The van der Waals surface area contributed by atoms with E-state index in [2.05, 4.69) is 15.0 Å². The Kier molecular flexibility index (Phi) is 2.95. The molecule has 2 rings (SSSR count). The van der Waals surface area contributed by atoms with Crippen LogP contribution in [0.4, 0.5) is 4.39 Å². The van der Waals surface area contributed by atoms with Gasteiger partial charge in [0.15, 0.2) is 11.2 Å². The SMILES string of the molecule is O=c1[nH]cnc2c1ncn2C[C@@H](F)CCO. The molecule has 0 bridgehead atoms. The van der Waals surface area contributed by atoms with Gasteiger partial charge in [-0.05, 0) is 0 Å². The van der Waals surface area contributed by atoms with Gasteiger partial charge in [0.05, 0.1) is 19.2 Å². The summed E-state index contributed by atoms with van der Waals surface area (Å²) in [6, 6.07) is 0. The summed E-state index contributed by atoms with van der Waals surface area (Å²) in [5, 5.41) is 8.59. The lowest BCUT2D eigenvalue weighted by molar-refractivity contribution is 0.205. The second-order valence-corrected chi connectivity index (χ2v) is 3.41. The van der Waals surface area contributed by atoms with E-state index in [1.807, 2.05) is 0 Å². The van der Waals surface area contributed by atoms with Gasteiger partial charge in [0.1, 0.15) is 6.17 Å². The fraction of sp³-hybridized carbons (Fsp3) is 0.444. The van der Waals surface area contributed by atoms with Crippen LogP contribution in [0.1, 0.15) is 6.42 Å². The van der Waals surface area contributed by atoms with E-state index in [0.29, 0.717) is 5.65 Å². The van der Waals surface area contributed by atoms with Gasteiger partial charge in [-0.25, -0.2) is 14.4 Å². The van der Waals surface area contributed by atoms with Gasteiger partial charge in [-0.15, -0.1) is 0 Å². The standard InChI is InChI=1S/C9H11FN4O2/c10-6(1-2-15)3-14-5-13-7-8(14)11-4-12-9(7)16/h4-6,15H,1-3H2,(H,11,12,16)/t6-/m0/s1. The van der Waals surface area contributed by atoms with Crippen molar-refractivity contribution in [1.29, 1.82) is 0 Å². The van der Waals surface area contributed by atoms with Gasteiger partial charge in [0, 0.05) is 13.0 Å². The van der Waals surface area contributed by atoms with E-state index in [-0.39, 0.29) is 30.6 Å². The minimum absolute atomic E-state index is 0.0352. The van der Waals surface area contributed by atoms with Crippen LogP contribution in [0.15, 0.2) is 17.4 Å². The minimum Gasteiger partial charge on any atom is -0.396 e. The average molecular weight is 226 g/mol. The predicted molar refractivity (Wildman–Crippen MR) is 54.7 cm³/mol. The lowest BCUT2D eigenvalue weighted by Crippen LogP contribution is -2.14. The number of alkyl halides is 1. The summed E-state index contributed by atoms with van der Waals surface area (Å²) in [6.45, 7) is -0.171. The Morgan fingerprint density at radius 3 is 3.12 bits per heavy atom. The maximum absolute atomic E-state index is 13.3. The van der Waals surface area contributed by atoms with Gasteiger partial charge in [0.25, 0.3) is 5.56 Å². The van der Waals surface area contributed by atoms with Gasteiger partial charge in [-0.2, -0.15) is 0 Å². The highest BCUT2D eigenvalue weighted by Crippen LogP contribution is 2.08. The van der Waals surface area contributed by atoms with Crippen molar-refractivity contribution in [2.75, 3.05) is 6.61 Å². The number of aliphatic hydroxyl groups excluding tert-OH is 1. The summed E-state index contributed by atoms with van der Waals surface area (Å²) >= 11 is 0. The lowest BCUT2D eigenvalue weighted by atomic mass is 10.3. The number of fused-ring (bicyclic) bond motifs is 1. The van der Waals surface area contributed by atoms with Crippen molar-refractivity contribution in [2.45, 2.75) is 19.1 Å². The summed E-state index contributed by atoms with van der Waals surface area (Å²) in [7, 11) is 0. The molecule has 0 radical (unpaired) electrons. The van der Waals surface area contributed by atoms with Crippen LogP contribution in [0.25, 0.3) is 11.2 Å². The smallest absolute Gasteiger partial charge is 0.278 e. The number of nitrogens with zero attached hydrogens (tertiary/aromatic N) is 3. The molecule has 16 heavy (non-hydrogen) atoms. The first-order valence-corrected chi connectivity index (χ1v) is 4.86. The van der Waals surface area contributed by atoms with Crippen molar-refractivity contribution >= 4 is 11.2 Å². The molecule has 2 N–H and O–H groups in total. The third-order valence-electron chi connectivity index (χ3n) is 2.24. The summed E-state index contributed by atoms with van der Waals surface area (Å²) in [5.74, 6) is 0. The molecule has 0 aliphatic heterocycles. The molecule has 2 aromatic rings. The van der Waals surface area contributed by atoms with Crippen molar-refractivity contribution < 1.29 is 9.50 Å². The van der Waals surface area contributed by atoms with Crippen molar-refractivity contribution in [3.63, 3.8) is 0 Å². The summed E-state index contributed by atoms with van der Waals surface area (Å²) in [6.07, 6.45) is 1.51. The van der Waals surface area contributed by atoms with E-state index in [1.165, 1.54) is 17.2 Å². The van der Waals surface area contributed by atoms with Crippen LogP contribution in [0.5, 0.6) is 0 Å². The highest BCUT2D eigenvalue weighted by Gasteiger charge is 2.11. The second kappa shape index (κ2) is 4.40.